The van der Waals surface area contributed by atoms with Crippen molar-refractivity contribution in [2.24, 2.45) is 0 Å². The highest BCUT2D eigenvalue weighted by molar-refractivity contribution is 7.89. The molecule has 37 heavy (non-hydrogen) atoms. The van der Waals surface area contributed by atoms with E-state index in [1.165, 1.54) is 38.6 Å². The summed E-state index contributed by atoms with van der Waals surface area (Å²) >= 11 is 0. The molecule has 4 rings (SSSR count). The molecule has 1 aromatic heterocycles. The third kappa shape index (κ3) is 5.57. The van der Waals surface area contributed by atoms with Gasteiger partial charge in [0.15, 0.2) is 11.5 Å². The van der Waals surface area contributed by atoms with Gasteiger partial charge in [-0.2, -0.15) is 4.31 Å². The summed E-state index contributed by atoms with van der Waals surface area (Å²) in [6.07, 6.45) is 3.18. The van der Waals surface area contributed by atoms with Crippen LogP contribution in [0.1, 0.15) is 16.7 Å². The van der Waals surface area contributed by atoms with E-state index in [1.807, 2.05) is 18.2 Å². The van der Waals surface area contributed by atoms with E-state index in [1.54, 1.807) is 24.4 Å². The van der Waals surface area contributed by atoms with Crippen molar-refractivity contribution in [2.45, 2.75) is 36.4 Å². The van der Waals surface area contributed by atoms with Gasteiger partial charge < -0.3 is 19.9 Å². The Morgan fingerprint density at radius 1 is 1.08 bits per heavy atom. The molecule has 2 heterocycles. The van der Waals surface area contributed by atoms with Gasteiger partial charge in [-0.25, -0.2) is 13.2 Å². The van der Waals surface area contributed by atoms with Crippen molar-refractivity contribution >= 4 is 21.9 Å². The molecule has 2 N–H and O–H groups in total. The minimum atomic E-state index is -4.19. The maximum absolute atomic E-state index is 13.8. The van der Waals surface area contributed by atoms with Gasteiger partial charge in [0, 0.05) is 31.4 Å². The number of nitrogens with zero attached hydrogens (tertiary/aromatic N) is 2. The molecule has 1 unspecified atom stereocenters. The Morgan fingerprint density at radius 3 is 2.46 bits per heavy atom. The molecule has 11 heteroatoms. The number of fused-ring (bicyclic) bond motifs is 1. The number of carboxylic acid groups (broad SMARTS) is 1. The monoisotopic (exact) mass is 525 g/mol. The van der Waals surface area contributed by atoms with E-state index < -0.39 is 34.0 Å². The average molecular weight is 526 g/mol. The molecule has 10 nitrogen and oxygen atoms in total. The number of rotatable bonds is 9. The number of carbonyl (C=O) groups excluding carboxylic acids is 1. The van der Waals surface area contributed by atoms with E-state index in [-0.39, 0.29) is 30.0 Å². The van der Waals surface area contributed by atoms with Crippen LogP contribution in [0.15, 0.2) is 71.9 Å². The fraction of sp³-hybridized carbons (Fsp3) is 0.269. The molecule has 0 bridgehead atoms. The summed E-state index contributed by atoms with van der Waals surface area (Å²) in [5, 5.41) is 12.3. The van der Waals surface area contributed by atoms with Gasteiger partial charge in [0.05, 0.1) is 19.1 Å². The molecule has 194 valence electrons. The summed E-state index contributed by atoms with van der Waals surface area (Å²) < 4.78 is 39.2. The normalized spacial score (nSPS) is 16.3. The number of hydrogen-bond acceptors (Lipinski definition) is 7. The van der Waals surface area contributed by atoms with E-state index in [2.05, 4.69) is 10.3 Å². The van der Waals surface area contributed by atoms with Crippen LogP contribution in [0.3, 0.4) is 0 Å². The lowest BCUT2D eigenvalue weighted by atomic mass is 9.95. The summed E-state index contributed by atoms with van der Waals surface area (Å²) in [4.78, 5) is 29.3. The van der Waals surface area contributed by atoms with Gasteiger partial charge >= 0.3 is 5.97 Å². The highest BCUT2D eigenvalue weighted by Gasteiger charge is 2.41. The van der Waals surface area contributed by atoms with Crippen LogP contribution in [0.2, 0.25) is 0 Å². The van der Waals surface area contributed by atoms with E-state index in [4.69, 9.17) is 9.47 Å². The lowest BCUT2D eigenvalue weighted by Gasteiger charge is -2.35. The second-order valence-electron chi connectivity index (χ2n) is 8.52. The van der Waals surface area contributed by atoms with Crippen molar-refractivity contribution in [3.63, 3.8) is 0 Å². The van der Waals surface area contributed by atoms with Gasteiger partial charge in [-0.05, 0) is 41.3 Å². The van der Waals surface area contributed by atoms with Gasteiger partial charge in [0.1, 0.15) is 12.1 Å². The number of nitrogens with one attached hydrogen (secondary N) is 1. The second-order valence-corrected chi connectivity index (χ2v) is 10.4. The lowest BCUT2D eigenvalue weighted by molar-refractivity contribution is -0.142. The van der Waals surface area contributed by atoms with Gasteiger partial charge in [0.2, 0.25) is 15.9 Å². The first kappa shape index (κ1) is 26.1. The standard InChI is InChI=1S/C26H27N3O7S/c1-35-23-10-9-20(14-24(23)36-2)37(33,34)29-16-19-8-4-3-7-18(19)13-22(29)25(30)28-21(26(31)32)12-17-6-5-11-27-15-17/h3-11,14-15,21-22H,12-13,16H2,1-2H3,(H,28,30)(H,31,32)/t21?,22-/m0/s1. The van der Waals surface area contributed by atoms with Crippen molar-refractivity contribution in [3.05, 3.63) is 83.7 Å². The van der Waals surface area contributed by atoms with Crippen molar-refractivity contribution in [1.29, 1.82) is 0 Å². The molecular weight excluding hydrogens is 498 g/mol. The van der Waals surface area contributed by atoms with E-state index in [0.717, 1.165) is 15.4 Å². The van der Waals surface area contributed by atoms with Gasteiger partial charge in [-0.15, -0.1) is 0 Å². The summed E-state index contributed by atoms with van der Waals surface area (Å²) in [6, 6.07) is 12.4. The fourth-order valence-electron chi connectivity index (χ4n) is 4.31. The van der Waals surface area contributed by atoms with Crippen molar-refractivity contribution in [1.82, 2.24) is 14.6 Å². The number of benzene rings is 2. The van der Waals surface area contributed by atoms with E-state index in [0.29, 0.717) is 11.3 Å². The van der Waals surface area contributed by atoms with Crippen molar-refractivity contribution in [2.75, 3.05) is 14.2 Å². The topological polar surface area (TPSA) is 135 Å². The Bertz CT molecular complexity index is 1400. The summed E-state index contributed by atoms with van der Waals surface area (Å²) in [5.74, 6) is -1.35. The summed E-state index contributed by atoms with van der Waals surface area (Å²) in [7, 11) is -1.35. The molecule has 1 aliphatic heterocycles. The fourth-order valence-corrected chi connectivity index (χ4v) is 5.89. The first-order valence-electron chi connectivity index (χ1n) is 11.5. The molecule has 0 spiro atoms. The van der Waals surface area contributed by atoms with Gasteiger partial charge in [-0.3, -0.25) is 9.78 Å². The minimum absolute atomic E-state index is 0.000644. The molecule has 1 amide bonds. The average Bonchev–Trinajstić information content (AvgIpc) is 2.91. The van der Waals surface area contributed by atoms with Gasteiger partial charge in [0.25, 0.3) is 0 Å². The minimum Gasteiger partial charge on any atom is -0.493 e. The molecule has 0 saturated heterocycles. The number of carboxylic acids is 1. The molecule has 0 aliphatic carbocycles. The number of hydrogen-bond donors (Lipinski definition) is 2. The van der Waals surface area contributed by atoms with E-state index in [9.17, 15) is 23.1 Å². The maximum Gasteiger partial charge on any atom is 0.326 e. The molecule has 0 radical (unpaired) electrons. The number of amides is 1. The first-order chi connectivity index (χ1) is 17.7. The van der Waals surface area contributed by atoms with E-state index >= 15 is 0 Å². The van der Waals surface area contributed by atoms with Crippen LogP contribution >= 0.6 is 0 Å². The van der Waals surface area contributed by atoms with Crippen LogP contribution in [0.4, 0.5) is 0 Å². The summed E-state index contributed by atoms with van der Waals surface area (Å²) in [6.45, 7) is -0.0503. The smallest absolute Gasteiger partial charge is 0.326 e. The molecule has 3 aromatic rings. The van der Waals surface area contributed by atoms with Crippen LogP contribution in [-0.4, -0.2) is 61.0 Å². The Labute approximate surface area is 214 Å². The Balaban J connectivity index is 1.68. The Hall–Kier alpha value is -3.96. The molecule has 0 saturated carbocycles. The number of pyridine rings is 1. The van der Waals surface area contributed by atoms with Gasteiger partial charge in [-0.1, -0.05) is 30.3 Å². The quantitative estimate of drug-likeness (QED) is 0.433. The zero-order valence-corrected chi connectivity index (χ0v) is 21.1. The zero-order valence-electron chi connectivity index (χ0n) is 20.3. The molecule has 2 aromatic carbocycles. The van der Waals surface area contributed by atoms with Crippen LogP contribution in [-0.2, 0) is 39.0 Å². The van der Waals surface area contributed by atoms with Crippen LogP contribution in [0.5, 0.6) is 11.5 Å². The third-order valence-electron chi connectivity index (χ3n) is 6.25. The SMILES string of the molecule is COc1ccc(S(=O)(=O)N2Cc3ccccc3C[C@H]2C(=O)NC(Cc2cccnc2)C(=O)O)cc1OC. The molecule has 0 fully saturated rings. The summed E-state index contributed by atoms with van der Waals surface area (Å²) in [5.41, 5.74) is 2.21. The van der Waals surface area contributed by atoms with Crippen LogP contribution in [0.25, 0.3) is 0 Å². The maximum atomic E-state index is 13.8. The Morgan fingerprint density at radius 2 is 1.81 bits per heavy atom. The first-order valence-corrected chi connectivity index (χ1v) is 12.9. The number of sulfonamides is 1. The third-order valence-corrected chi connectivity index (χ3v) is 8.10. The zero-order chi connectivity index (χ0) is 26.6. The van der Waals surface area contributed by atoms with Crippen molar-refractivity contribution < 1.29 is 32.6 Å². The number of ether oxygens (including phenoxy) is 2. The number of aliphatic carboxylic acids is 1. The second kappa shape index (κ2) is 11.0. The largest absolute Gasteiger partial charge is 0.493 e. The highest BCUT2D eigenvalue weighted by Crippen LogP contribution is 2.34. The lowest BCUT2D eigenvalue weighted by Crippen LogP contribution is -2.55. The number of methoxy groups -OCH3 is 2. The van der Waals surface area contributed by atoms with Crippen molar-refractivity contribution in [3.8, 4) is 11.5 Å². The number of carbonyl (C=O) groups is 2. The van der Waals surface area contributed by atoms with Crippen LogP contribution < -0.4 is 14.8 Å². The van der Waals surface area contributed by atoms with Crippen LogP contribution in [0, 0.1) is 0 Å². The molecule has 2 atom stereocenters. The predicted octanol–water partition coefficient (Wildman–Crippen LogP) is 2.03. The number of aromatic nitrogens is 1. The highest BCUT2D eigenvalue weighted by atomic mass is 32.2. The molecular formula is C26H27N3O7S. The Kier molecular flexibility index (Phi) is 7.74. The molecule has 1 aliphatic rings. The predicted molar refractivity (Wildman–Crippen MR) is 134 cm³/mol.